The van der Waals surface area contributed by atoms with E-state index in [1.54, 1.807) is 0 Å². The molecule has 2 heterocycles. The number of ether oxygens (including phenoxy) is 2. The van der Waals surface area contributed by atoms with E-state index in [1.807, 2.05) is 25.1 Å². The van der Waals surface area contributed by atoms with Gasteiger partial charge in [0.05, 0.1) is 0 Å². The van der Waals surface area contributed by atoms with E-state index in [0.717, 1.165) is 35.7 Å². The largest absolute Gasteiger partial charge is 0.467 e. The highest BCUT2D eigenvalue weighted by Gasteiger charge is 2.30. The maximum Gasteiger partial charge on any atom is 0.189 e. The van der Waals surface area contributed by atoms with Gasteiger partial charge in [-0.1, -0.05) is 12.8 Å². The lowest BCUT2D eigenvalue weighted by molar-refractivity contribution is 0.0227. The molecule has 0 radical (unpaired) electrons. The van der Waals surface area contributed by atoms with Gasteiger partial charge in [0, 0.05) is 30.3 Å². The summed E-state index contributed by atoms with van der Waals surface area (Å²) in [4.78, 5) is 2.49. The number of anilines is 1. The highest BCUT2D eigenvalue weighted by atomic mass is 16.7. The van der Waals surface area contributed by atoms with Crippen molar-refractivity contribution in [3.8, 4) is 29.4 Å². The molecule has 6 heteroatoms. The van der Waals surface area contributed by atoms with Crippen molar-refractivity contribution in [2.45, 2.75) is 51.5 Å². The third-order valence-electron chi connectivity index (χ3n) is 6.05. The molecule has 1 aromatic heterocycles. The molecule has 0 spiro atoms. The number of terminal acetylenes is 1. The predicted molar refractivity (Wildman–Crippen MR) is 123 cm³/mol. The predicted octanol–water partition coefficient (Wildman–Crippen LogP) is 4.27. The third kappa shape index (κ3) is 5.36. The van der Waals surface area contributed by atoms with Crippen molar-refractivity contribution in [3.05, 3.63) is 35.4 Å². The molecule has 0 amide bonds. The zero-order valence-electron chi connectivity index (χ0n) is 18.6. The van der Waals surface area contributed by atoms with Crippen LogP contribution in [0.2, 0.25) is 0 Å². The molecular weight excluding hydrogens is 388 g/mol. The minimum absolute atomic E-state index is 0.180. The normalized spacial score (nSPS) is 19.1. The molecule has 1 N–H and O–H groups in total. The number of nitrogens with one attached hydrogen (secondary N) is 1. The number of likely N-dealkylation sites (N-methyl/N-ethyl adjacent to an activating group) is 1. The number of aromatic nitrogens is 2. The summed E-state index contributed by atoms with van der Waals surface area (Å²) in [5, 5.41) is 12.8. The Morgan fingerprint density at radius 1 is 1.19 bits per heavy atom. The van der Waals surface area contributed by atoms with Gasteiger partial charge in [0.2, 0.25) is 0 Å². The summed E-state index contributed by atoms with van der Waals surface area (Å²) in [6, 6.07) is 8.39. The molecule has 31 heavy (non-hydrogen) atoms. The van der Waals surface area contributed by atoms with E-state index >= 15 is 0 Å². The van der Waals surface area contributed by atoms with Gasteiger partial charge < -0.3 is 19.7 Å². The number of nitrogens with zero attached hydrogens (tertiary/aromatic N) is 3. The van der Waals surface area contributed by atoms with E-state index in [9.17, 15) is 0 Å². The van der Waals surface area contributed by atoms with Crippen molar-refractivity contribution in [3.63, 3.8) is 0 Å². The van der Waals surface area contributed by atoms with Gasteiger partial charge in [-0.25, -0.2) is 0 Å². The lowest BCUT2D eigenvalue weighted by Gasteiger charge is -2.32. The highest BCUT2D eigenvalue weighted by molar-refractivity contribution is 5.73. The molecule has 2 fully saturated rings. The number of benzene rings is 1. The SMILES string of the molecule is C#Cc1ccc(-c2nnc(N[C@@H]3CCCN(CC)C3)cc2C2CC2)c(OCOCC)c1. The summed E-state index contributed by atoms with van der Waals surface area (Å²) in [5.41, 5.74) is 3.79. The van der Waals surface area contributed by atoms with E-state index in [4.69, 9.17) is 15.9 Å². The van der Waals surface area contributed by atoms with Crippen LogP contribution in [0.25, 0.3) is 11.3 Å². The topological polar surface area (TPSA) is 59.5 Å². The number of hydrogen-bond acceptors (Lipinski definition) is 6. The number of rotatable bonds is 9. The summed E-state index contributed by atoms with van der Waals surface area (Å²) < 4.78 is 11.3. The second kappa shape index (κ2) is 10.1. The van der Waals surface area contributed by atoms with E-state index < -0.39 is 0 Å². The first-order valence-corrected chi connectivity index (χ1v) is 11.4. The van der Waals surface area contributed by atoms with Crippen LogP contribution in [0.4, 0.5) is 5.82 Å². The summed E-state index contributed by atoms with van der Waals surface area (Å²) >= 11 is 0. The Hall–Kier alpha value is -2.62. The quantitative estimate of drug-likeness (QED) is 0.371. The first-order chi connectivity index (χ1) is 15.2. The van der Waals surface area contributed by atoms with Crippen LogP contribution in [0.15, 0.2) is 24.3 Å². The van der Waals surface area contributed by atoms with Crippen molar-refractivity contribution in [1.82, 2.24) is 15.1 Å². The average Bonchev–Trinajstić information content (AvgIpc) is 3.65. The number of piperidine rings is 1. The second-order valence-electron chi connectivity index (χ2n) is 8.29. The van der Waals surface area contributed by atoms with Gasteiger partial charge in [-0.15, -0.1) is 16.6 Å². The molecule has 0 unspecified atom stereocenters. The van der Waals surface area contributed by atoms with Crippen molar-refractivity contribution in [2.75, 3.05) is 38.4 Å². The molecule has 1 aliphatic carbocycles. The lowest BCUT2D eigenvalue weighted by atomic mass is 10.0. The van der Waals surface area contributed by atoms with Crippen LogP contribution < -0.4 is 10.1 Å². The molecule has 2 aromatic rings. The standard InChI is InChI=1S/C25H32N4O2/c1-4-18-9-12-21(23(14-18)31-17-30-6-3)25-22(19-10-11-19)15-24(27-28-25)26-20-8-7-13-29(5-2)16-20/h1,9,12,14-15,19-20H,5-8,10-11,13,16-17H2,2-3H3,(H,26,27)/t20-/m1/s1. The Kier molecular flexibility index (Phi) is 7.06. The smallest absolute Gasteiger partial charge is 0.189 e. The van der Waals surface area contributed by atoms with Gasteiger partial charge in [-0.3, -0.25) is 0 Å². The summed E-state index contributed by atoms with van der Waals surface area (Å²) in [7, 11) is 0. The molecule has 6 nitrogen and oxygen atoms in total. The molecule has 1 atom stereocenters. The zero-order valence-corrected chi connectivity index (χ0v) is 18.6. The monoisotopic (exact) mass is 420 g/mol. The molecule has 1 saturated heterocycles. The zero-order chi connectivity index (χ0) is 21.6. The van der Waals surface area contributed by atoms with Crippen molar-refractivity contribution in [1.29, 1.82) is 0 Å². The highest BCUT2D eigenvalue weighted by Crippen LogP contribution is 2.45. The molecular formula is C25H32N4O2. The minimum Gasteiger partial charge on any atom is -0.467 e. The van der Waals surface area contributed by atoms with Crippen LogP contribution in [0.3, 0.4) is 0 Å². The van der Waals surface area contributed by atoms with Crippen LogP contribution in [0, 0.1) is 12.3 Å². The van der Waals surface area contributed by atoms with E-state index in [-0.39, 0.29) is 6.79 Å². The molecule has 1 saturated carbocycles. The minimum atomic E-state index is 0.180. The van der Waals surface area contributed by atoms with E-state index in [2.05, 4.69) is 39.3 Å². The molecule has 1 aliphatic heterocycles. The van der Waals surface area contributed by atoms with E-state index in [0.29, 0.717) is 24.3 Å². The van der Waals surface area contributed by atoms with E-state index in [1.165, 1.54) is 37.8 Å². The third-order valence-corrected chi connectivity index (χ3v) is 6.05. The maximum atomic E-state index is 5.90. The summed E-state index contributed by atoms with van der Waals surface area (Å²) in [5.74, 6) is 4.76. The van der Waals surface area contributed by atoms with Crippen LogP contribution in [0.1, 0.15) is 56.6 Å². The van der Waals surface area contributed by atoms with Crippen molar-refractivity contribution >= 4 is 5.82 Å². The van der Waals surface area contributed by atoms with Gasteiger partial charge in [0.15, 0.2) is 6.79 Å². The Morgan fingerprint density at radius 2 is 2.06 bits per heavy atom. The molecule has 2 aliphatic rings. The van der Waals surface area contributed by atoms with Crippen LogP contribution >= 0.6 is 0 Å². The van der Waals surface area contributed by atoms with Gasteiger partial charge >= 0.3 is 0 Å². The fourth-order valence-corrected chi connectivity index (χ4v) is 4.18. The Morgan fingerprint density at radius 3 is 2.81 bits per heavy atom. The van der Waals surface area contributed by atoms with Gasteiger partial charge in [-0.2, -0.15) is 0 Å². The lowest BCUT2D eigenvalue weighted by Crippen LogP contribution is -2.42. The fraction of sp³-hybridized carbons (Fsp3) is 0.520. The number of likely N-dealkylation sites (tertiary alicyclic amines) is 1. The van der Waals surface area contributed by atoms with Crippen molar-refractivity contribution < 1.29 is 9.47 Å². The second-order valence-corrected chi connectivity index (χ2v) is 8.29. The van der Waals surface area contributed by atoms with Crippen LogP contribution in [-0.2, 0) is 4.74 Å². The van der Waals surface area contributed by atoms with Gasteiger partial charge in [-0.05, 0) is 81.4 Å². The first-order valence-electron chi connectivity index (χ1n) is 11.4. The Labute approximate surface area is 185 Å². The summed E-state index contributed by atoms with van der Waals surface area (Å²) in [6.45, 7) is 8.27. The molecule has 0 bridgehead atoms. The Balaban J connectivity index is 1.61. The summed E-state index contributed by atoms with van der Waals surface area (Å²) in [6.07, 6.45) is 10.4. The maximum absolute atomic E-state index is 5.90. The number of hydrogen-bond donors (Lipinski definition) is 1. The van der Waals surface area contributed by atoms with Crippen LogP contribution in [0.5, 0.6) is 5.75 Å². The molecule has 164 valence electrons. The van der Waals surface area contributed by atoms with Gasteiger partial charge in [0.25, 0.3) is 0 Å². The fourth-order valence-electron chi connectivity index (χ4n) is 4.18. The Bertz CT molecular complexity index is 936. The first kappa shape index (κ1) is 21.6. The molecule has 1 aromatic carbocycles. The van der Waals surface area contributed by atoms with Crippen LogP contribution in [-0.4, -0.2) is 54.2 Å². The molecule has 4 rings (SSSR count). The van der Waals surface area contributed by atoms with Crippen molar-refractivity contribution in [2.24, 2.45) is 0 Å². The average molecular weight is 421 g/mol. The van der Waals surface area contributed by atoms with Gasteiger partial charge in [0.1, 0.15) is 17.3 Å².